The number of hydrogen-bond donors (Lipinski definition) is 1. The monoisotopic (exact) mass is 438 g/mol. The van der Waals surface area contributed by atoms with Crippen molar-refractivity contribution in [1.82, 2.24) is 9.71 Å². The fraction of sp³-hybridized carbons (Fsp3) is 0.600. The van der Waals surface area contributed by atoms with Crippen molar-refractivity contribution >= 4 is 26.7 Å². The average Bonchev–Trinajstić information content (AvgIpc) is 2.69. The van der Waals surface area contributed by atoms with E-state index in [2.05, 4.69) is 9.71 Å². The standard InChI is InChI=1S/C25H30N2O3S/c28-22(16-24-13-17-10-18(14-24)12-19(11-17)15-24)25(7-3-8-25)27-31(29,30)21-6-1-4-20-5-2-9-26-23(20)21/h1-2,4-6,9,17-19,27H,3,7-8,10-16H2. The second-order valence-electron chi connectivity index (χ2n) is 10.9. The zero-order valence-electron chi connectivity index (χ0n) is 17.8. The van der Waals surface area contributed by atoms with Crippen LogP contribution in [0.3, 0.4) is 0 Å². The number of benzene rings is 1. The van der Waals surface area contributed by atoms with E-state index in [1.54, 1.807) is 24.4 Å². The molecule has 0 saturated heterocycles. The highest BCUT2D eigenvalue weighted by Gasteiger charge is 2.55. The van der Waals surface area contributed by atoms with E-state index in [-0.39, 0.29) is 16.1 Å². The van der Waals surface area contributed by atoms with Crippen molar-refractivity contribution in [3.63, 3.8) is 0 Å². The van der Waals surface area contributed by atoms with Gasteiger partial charge in [0.15, 0.2) is 5.78 Å². The van der Waals surface area contributed by atoms with E-state index < -0.39 is 15.6 Å². The Labute approximate surface area is 184 Å². The number of ketones is 1. The van der Waals surface area contributed by atoms with Gasteiger partial charge in [-0.15, -0.1) is 0 Å². The van der Waals surface area contributed by atoms with Gasteiger partial charge in [-0.1, -0.05) is 18.2 Å². The molecule has 0 amide bonds. The number of carbonyl (C=O) groups excluding carboxylic acids is 1. The molecule has 0 aliphatic heterocycles. The van der Waals surface area contributed by atoms with Gasteiger partial charge in [0.1, 0.15) is 4.90 Å². The first-order chi connectivity index (χ1) is 14.9. The number of rotatable bonds is 6. The van der Waals surface area contributed by atoms with Gasteiger partial charge in [0.05, 0.1) is 11.1 Å². The van der Waals surface area contributed by atoms with Crippen LogP contribution in [0.2, 0.25) is 0 Å². The fourth-order valence-corrected chi connectivity index (χ4v) is 9.21. The largest absolute Gasteiger partial charge is 0.298 e. The van der Waals surface area contributed by atoms with Crippen LogP contribution >= 0.6 is 0 Å². The predicted molar refractivity (Wildman–Crippen MR) is 119 cm³/mol. The summed E-state index contributed by atoms with van der Waals surface area (Å²) < 4.78 is 29.7. The van der Waals surface area contributed by atoms with Gasteiger partial charge >= 0.3 is 0 Å². The minimum absolute atomic E-state index is 0.123. The third-order valence-electron chi connectivity index (χ3n) is 8.66. The summed E-state index contributed by atoms with van der Waals surface area (Å²) in [6.45, 7) is 0. The van der Waals surface area contributed by atoms with Crippen LogP contribution in [0, 0.1) is 23.2 Å². The van der Waals surface area contributed by atoms with E-state index in [1.165, 1.54) is 38.5 Å². The van der Waals surface area contributed by atoms with Crippen LogP contribution in [0.4, 0.5) is 0 Å². The summed E-state index contributed by atoms with van der Waals surface area (Å²) in [7, 11) is -3.85. The Morgan fingerprint density at radius 3 is 2.26 bits per heavy atom. The molecule has 164 valence electrons. The van der Waals surface area contributed by atoms with Crippen LogP contribution in [0.5, 0.6) is 0 Å². The topological polar surface area (TPSA) is 76.1 Å². The van der Waals surface area contributed by atoms with Gasteiger partial charge in [-0.05, 0) is 93.1 Å². The highest BCUT2D eigenvalue weighted by Crippen LogP contribution is 2.62. The van der Waals surface area contributed by atoms with Gasteiger partial charge in [0, 0.05) is 18.0 Å². The summed E-state index contributed by atoms with van der Waals surface area (Å²) in [4.78, 5) is 18.1. The predicted octanol–water partition coefficient (Wildman–Crippen LogP) is 4.61. The minimum atomic E-state index is -3.85. The third-order valence-corrected chi connectivity index (χ3v) is 10.2. The van der Waals surface area contributed by atoms with Crippen molar-refractivity contribution in [3.8, 4) is 0 Å². The lowest BCUT2D eigenvalue weighted by Gasteiger charge is -2.57. The summed E-state index contributed by atoms with van der Waals surface area (Å²) in [5, 5.41) is 0.785. The Balaban J connectivity index is 1.27. The number of nitrogens with zero attached hydrogens (tertiary/aromatic N) is 1. The molecule has 5 aliphatic carbocycles. The number of carbonyl (C=O) groups is 1. The van der Waals surface area contributed by atoms with Crippen molar-refractivity contribution < 1.29 is 13.2 Å². The maximum absolute atomic E-state index is 13.7. The lowest BCUT2D eigenvalue weighted by atomic mass is 9.48. The summed E-state index contributed by atoms with van der Waals surface area (Å²) in [6, 6.07) is 8.85. The lowest BCUT2D eigenvalue weighted by molar-refractivity contribution is -0.136. The molecule has 1 heterocycles. The van der Waals surface area contributed by atoms with Crippen molar-refractivity contribution in [2.75, 3.05) is 0 Å². The van der Waals surface area contributed by atoms with Gasteiger partial charge < -0.3 is 0 Å². The van der Waals surface area contributed by atoms with Crippen molar-refractivity contribution in [1.29, 1.82) is 0 Å². The maximum Gasteiger partial charge on any atom is 0.243 e. The minimum Gasteiger partial charge on any atom is -0.298 e. The molecule has 5 aliphatic rings. The van der Waals surface area contributed by atoms with Gasteiger partial charge in [-0.3, -0.25) is 9.78 Å². The molecule has 0 radical (unpaired) electrons. The second kappa shape index (κ2) is 6.85. The molecule has 4 bridgehead atoms. The summed E-state index contributed by atoms with van der Waals surface area (Å²) in [5.74, 6) is 2.48. The first-order valence-electron chi connectivity index (χ1n) is 11.8. The number of sulfonamides is 1. The second-order valence-corrected chi connectivity index (χ2v) is 12.5. The Morgan fingerprint density at radius 1 is 1.00 bits per heavy atom. The van der Waals surface area contributed by atoms with E-state index in [1.807, 2.05) is 12.1 Å². The van der Waals surface area contributed by atoms with Crippen LogP contribution < -0.4 is 4.72 Å². The van der Waals surface area contributed by atoms with Crippen molar-refractivity contribution in [2.45, 2.75) is 74.6 Å². The molecule has 6 heteroatoms. The van der Waals surface area contributed by atoms with Gasteiger partial charge in [-0.2, -0.15) is 4.72 Å². The quantitative estimate of drug-likeness (QED) is 0.714. The first-order valence-corrected chi connectivity index (χ1v) is 13.3. The molecule has 5 nitrogen and oxygen atoms in total. The average molecular weight is 439 g/mol. The molecule has 5 saturated carbocycles. The highest BCUT2D eigenvalue weighted by molar-refractivity contribution is 7.89. The highest BCUT2D eigenvalue weighted by atomic mass is 32.2. The van der Waals surface area contributed by atoms with Crippen LogP contribution in [-0.2, 0) is 14.8 Å². The molecular weight excluding hydrogens is 408 g/mol. The van der Waals surface area contributed by atoms with E-state index >= 15 is 0 Å². The summed E-state index contributed by atoms with van der Waals surface area (Å²) in [6.07, 6.45) is 11.8. The maximum atomic E-state index is 13.7. The summed E-state index contributed by atoms with van der Waals surface area (Å²) >= 11 is 0. The molecule has 0 unspecified atom stereocenters. The fourth-order valence-electron chi connectivity index (χ4n) is 7.59. The Hall–Kier alpha value is -1.79. The molecule has 7 rings (SSSR count). The zero-order valence-corrected chi connectivity index (χ0v) is 18.7. The van der Waals surface area contributed by atoms with E-state index in [0.717, 1.165) is 29.6 Å². The van der Waals surface area contributed by atoms with Gasteiger partial charge in [0.2, 0.25) is 10.0 Å². The molecule has 5 fully saturated rings. The number of aromatic nitrogens is 1. The number of hydrogen-bond acceptors (Lipinski definition) is 4. The van der Waals surface area contributed by atoms with Crippen LogP contribution in [0.25, 0.3) is 10.9 Å². The van der Waals surface area contributed by atoms with Crippen LogP contribution in [-0.4, -0.2) is 24.7 Å². The van der Waals surface area contributed by atoms with Crippen LogP contribution in [0.1, 0.15) is 64.2 Å². The van der Waals surface area contributed by atoms with E-state index in [0.29, 0.717) is 24.8 Å². The number of para-hydroxylation sites is 1. The molecule has 2 aromatic rings. The van der Waals surface area contributed by atoms with Crippen LogP contribution in [0.15, 0.2) is 41.4 Å². The van der Waals surface area contributed by atoms with E-state index in [9.17, 15) is 13.2 Å². The number of Topliss-reactive ketones (excluding diaryl/α,β-unsaturated/α-hetero) is 1. The number of fused-ring (bicyclic) bond motifs is 1. The Kier molecular flexibility index (Phi) is 4.39. The number of pyridine rings is 1. The molecule has 0 spiro atoms. The molecule has 1 aromatic carbocycles. The molecule has 1 aromatic heterocycles. The molecular formula is C25H30N2O3S. The van der Waals surface area contributed by atoms with Crippen molar-refractivity contribution in [3.05, 3.63) is 36.5 Å². The smallest absolute Gasteiger partial charge is 0.243 e. The lowest BCUT2D eigenvalue weighted by Crippen LogP contribution is -2.60. The first kappa shape index (κ1) is 19.9. The molecule has 0 atom stereocenters. The molecule has 1 N–H and O–H groups in total. The Bertz CT molecular complexity index is 1110. The SMILES string of the molecule is O=C(CC12CC3CC(CC(C3)C1)C2)C1(NS(=O)(=O)c2cccc3cccnc23)CCC1. The zero-order chi connectivity index (χ0) is 21.3. The Morgan fingerprint density at radius 2 is 1.65 bits per heavy atom. The number of nitrogens with one attached hydrogen (secondary N) is 1. The normalized spacial score (nSPS) is 33.4. The third kappa shape index (κ3) is 3.25. The van der Waals surface area contributed by atoms with Gasteiger partial charge in [0.25, 0.3) is 0 Å². The van der Waals surface area contributed by atoms with Crippen molar-refractivity contribution in [2.24, 2.45) is 23.2 Å². The van der Waals surface area contributed by atoms with Gasteiger partial charge in [-0.25, -0.2) is 8.42 Å². The summed E-state index contributed by atoms with van der Waals surface area (Å²) in [5.41, 5.74) is -0.347. The van der Waals surface area contributed by atoms with E-state index in [4.69, 9.17) is 0 Å². The molecule has 31 heavy (non-hydrogen) atoms.